The number of benzene rings is 1. The van der Waals surface area contributed by atoms with Gasteiger partial charge in [-0.15, -0.1) is 0 Å². The molecule has 0 radical (unpaired) electrons. The van der Waals surface area contributed by atoms with Crippen LogP contribution in [0.2, 0.25) is 0 Å². The number of aromatic nitrogens is 1. The topological polar surface area (TPSA) is 45.3 Å². The fraction of sp³-hybridized carbons (Fsp3) is 0.353. The van der Waals surface area contributed by atoms with Gasteiger partial charge in [-0.25, -0.2) is 0 Å². The molecule has 1 aliphatic rings. The van der Waals surface area contributed by atoms with Crippen LogP contribution in [0, 0.1) is 6.92 Å². The summed E-state index contributed by atoms with van der Waals surface area (Å²) in [4.78, 5) is 17.0. The van der Waals surface area contributed by atoms with Crippen molar-refractivity contribution in [3.63, 3.8) is 0 Å². The largest absolute Gasteiger partial charge is 0.375 e. The Balaban J connectivity index is 1.85. The van der Waals surface area contributed by atoms with E-state index in [0.717, 1.165) is 13.0 Å². The van der Waals surface area contributed by atoms with E-state index in [9.17, 15) is 4.79 Å². The smallest absolute Gasteiger partial charge is 0.248 e. The Morgan fingerprint density at radius 2 is 2.29 bits per heavy atom. The Labute approximate surface area is 124 Å². The second-order valence-electron chi connectivity index (χ2n) is 5.45. The molecule has 1 aromatic heterocycles. The molecule has 4 nitrogen and oxygen atoms in total. The highest BCUT2D eigenvalue weighted by Crippen LogP contribution is 2.30. The van der Waals surface area contributed by atoms with E-state index in [0.29, 0.717) is 6.54 Å². The Hall–Kier alpha value is -2.07. The molecular weight excluding hydrogens is 264 g/mol. The second-order valence-corrected chi connectivity index (χ2v) is 5.45. The summed E-state index contributed by atoms with van der Waals surface area (Å²) in [5, 5.41) is 1.26. The molecule has 110 valence electrons. The lowest BCUT2D eigenvalue weighted by Crippen LogP contribution is -2.36. The molecule has 0 aliphatic carbocycles. The minimum Gasteiger partial charge on any atom is -0.375 e. The maximum absolute atomic E-state index is 11.8. The van der Waals surface area contributed by atoms with Crippen molar-refractivity contribution in [2.75, 3.05) is 26.8 Å². The van der Waals surface area contributed by atoms with Gasteiger partial charge in [-0.3, -0.25) is 4.79 Å². The number of aryl methyl sites for hydroxylation is 1. The highest BCUT2D eigenvalue weighted by molar-refractivity contribution is 5.94. The van der Waals surface area contributed by atoms with Crippen molar-refractivity contribution in [3.8, 4) is 0 Å². The van der Waals surface area contributed by atoms with Crippen molar-refractivity contribution in [3.05, 3.63) is 41.6 Å². The molecule has 1 aromatic carbocycles. The Kier molecular flexibility index (Phi) is 3.80. The zero-order chi connectivity index (χ0) is 14.8. The zero-order valence-corrected chi connectivity index (χ0v) is 12.5. The summed E-state index contributed by atoms with van der Waals surface area (Å²) >= 11 is 0. The fourth-order valence-corrected chi connectivity index (χ4v) is 2.93. The number of hydrogen-bond acceptors (Lipinski definition) is 2. The molecule has 0 bridgehead atoms. The number of fused-ring (bicyclic) bond motifs is 1. The normalized spacial score (nSPS) is 15.3. The van der Waals surface area contributed by atoms with E-state index in [1.54, 1.807) is 7.11 Å². The Bertz CT molecular complexity index is 700. The molecular formula is C17H20N2O2. The van der Waals surface area contributed by atoms with Crippen molar-refractivity contribution in [2.24, 2.45) is 0 Å². The molecule has 4 heteroatoms. The molecule has 3 rings (SSSR count). The quantitative estimate of drug-likeness (QED) is 0.942. The average Bonchev–Trinajstić information content (AvgIpc) is 2.93. The zero-order valence-electron chi connectivity index (χ0n) is 12.5. The first-order valence-corrected chi connectivity index (χ1v) is 7.23. The standard InChI is InChI=1S/C17H20N2O2/c1-12-4-3-5-14-15(10-18-17(12)14)13-6-8-19(9-7-13)16(20)11-21-2/h3-6,10,18H,7-9,11H2,1-2H3. The molecule has 1 aliphatic heterocycles. The molecule has 0 unspecified atom stereocenters. The summed E-state index contributed by atoms with van der Waals surface area (Å²) in [6.07, 6.45) is 5.12. The van der Waals surface area contributed by atoms with Gasteiger partial charge >= 0.3 is 0 Å². The first kappa shape index (κ1) is 13.9. The summed E-state index contributed by atoms with van der Waals surface area (Å²) in [6.45, 7) is 3.70. The van der Waals surface area contributed by atoms with Gasteiger partial charge in [0.15, 0.2) is 0 Å². The van der Waals surface area contributed by atoms with Gasteiger partial charge in [0.2, 0.25) is 5.91 Å². The molecule has 2 heterocycles. The van der Waals surface area contributed by atoms with Crippen LogP contribution in [0.25, 0.3) is 16.5 Å². The lowest BCUT2D eigenvalue weighted by Gasteiger charge is -2.26. The molecule has 0 atom stereocenters. The summed E-state index contributed by atoms with van der Waals surface area (Å²) < 4.78 is 4.91. The van der Waals surface area contributed by atoms with Gasteiger partial charge in [-0.1, -0.05) is 24.3 Å². The van der Waals surface area contributed by atoms with Gasteiger partial charge < -0.3 is 14.6 Å². The minimum absolute atomic E-state index is 0.0579. The van der Waals surface area contributed by atoms with Crippen LogP contribution in [-0.4, -0.2) is 42.6 Å². The van der Waals surface area contributed by atoms with E-state index < -0.39 is 0 Å². The fourth-order valence-electron chi connectivity index (χ4n) is 2.93. The molecule has 0 saturated carbocycles. The molecule has 2 aromatic rings. The van der Waals surface area contributed by atoms with Crippen LogP contribution in [0.5, 0.6) is 0 Å². The van der Waals surface area contributed by atoms with Gasteiger partial charge in [0.25, 0.3) is 0 Å². The van der Waals surface area contributed by atoms with Crippen LogP contribution in [0.1, 0.15) is 17.5 Å². The number of ether oxygens (including phenoxy) is 1. The molecule has 1 amide bonds. The highest BCUT2D eigenvalue weighted by atomic mass is 16.5. The molecule has 0 spiro atoms. The monoisotopic (exact) mass is 284 g/mol. The first-order valence-electron chi connectivity index (χ1n) is 7.23. The van der Waals surface area contributed by atoms with E-state index in [2.05, 4.69) is 42.4 Å². The number of H-pyrrole nitrogens is 1. The molecule has 0 saturated heterocycles. The Morgan fingerprint density at radius 1 is 1.43 bits per heavy atom. The number of rotatable bonds is 3. The average molecular weight is 284 g/mol. The lowest BCUT2D eigenvalue weighted by molar-refractivity contribution is -0.134. The van der Waals surface area contributed by atoms with E-state index >= 15 is 0 Å². The van der Waals surface area contributed by atoms with Gasteiger partial charge in [-0.2, -0.15) is 0 Å². The van der Waals surface area contributed by atoms with E-state index in [4.69, 9.17) is 4.74 Å². The second kappa shape index (κ2) is 5.74. The van der Waals surface area contributed by atoms with Crippen molar-refractivity contribution in [1.29, 1.82) is 0 Å². The number of methoxy groups -OCH3 is 1. The van der Waals surface area contributed by atoms with Crippen molar-refractivity contribution < 1.29 is 9.53 Å². The van der Waals surface area contributed by atoms with E-state index in [-0.39, 0.29) is 12.5 Å². The van der Waals surface area contributed by atoms with Crippen molar-refractivity contribution >= 4 is 22.4 Å². The maximum atomic E-state index is 11.8. The molecule has 0 fully saturated rings. The number of para-hydroxylation sites is 1. The van der Waals surface area contributed by atoms with Gasteiger partial charge in [0, 0.05) is 42.9 Å². The van der Waals surface area contributed by atoms with Crippen LogP contribution < -0.4 is 0 Å². The third kappa shape index (κ3) is 2.59. The van der Waals surface area contributed by atoms with Crippen LogP contribution in [-0.2, 0) is 9.53 Å². The van der Waals surface area contributed by atoms with Crippen LogP contribution >= 0.6 is 0 Å². The molecule has 1 N–H and O–H groups in total. The van der Waals surface area contributed by atoms with Crippen molar-refractivity contribution in [2.45, 2.75) is 13.3 Å². The number of nitrogens with zero attached hydrogens (tertiary/aromatic N) is 1. The minimum atomic E-state index is 0.0579. The number of carbonyl (C=O) groups excluding carboxylic acids is 1. The summed E-state index contributed by atoms with van der Waals surface area (Å²) in [7, 11) is 1.55. The van der Waals surface area contributed by atoms with E-state index in [1.165, 1.54) is 27.6 Å². The van der Waals surface area contributed by atoms with Crippen molar-refractivity contribution in [1.82, 2.24) is 9.88 Å². The SMILES string of the molecule is COCC(=O)N1CC=C(c2c[nH]c3c(C)cccc23)CC1. The summed E-state index contributed by atoms with van der Waals surface area (Å²) in [6, 6.07) is 6.35. The number of carbonyl (C=O) groups is 1. The maximum Gasteiger partial charge on any atom is 0.248 e. The summed E-state index contributed by atoms with van der Waals surface area (Å²) in [5.41, 5.74) is 5.03. The van der Waals surface area contributed by atoms with Crippen LogP contribution in [0.4, 0.5) is 0 Å². The third-order valence-electron chi connectivity index (χ3n) is 4.10. The van der Waals surface area contributed by atoms with Crippen LogP contribution in [0.15, 0.2) is 30.5 Å². The van der Waals surface area contributed by atoms with Gasteiger partial charge in [0.05, 0.1) is 0 Å². The molecule has 21 heavy (non-hydrogen) atoms. The third-order valence-corrected chi connectivity index (χ3v) is 4.10. The van der Waals surface area contributed by atoms with E-state index in [1.807, 2.05) is 4.90 Å². The first-order chi connectivity index (χ1) is 10.2. The number of nitrogens with one attached hydrogen (secondary N) is 1. The highest BCUT2D eigenvalue weighted by Gasteiger charge is 2.19. The van der Waals surface area contributed by atoms with Gasteiger partial charge in [-0.05, 0) is 24.5 Å². The predicted molar refractivity (Wildman–Crippen MR) is 84.1 cm³/mol. The number of aromatic amines is 1. The van der Waals surface area contributed by atoms with Crippen LogP contribution in [0.3, 0.4) is 0 Å². The number of hydrogen-bond donors (Lipinski definition) is 1. The Morgan fingerprint density at radius 3 is 3.00 bits per heavy atom. The lowest BCUT2D eigenvalue weighted by atomic mass is 9.98. The predicted octanol–water partition coefficient (Wildman–Crippen LogP) is 2.74. The van der Waals surface area contributed by atoms with Gasteiger partial charge in [0.1, 0.15) is 6.61 Å². The number of amides is 1. The summed E-state index contributed by atoms with van der Waals surface area (Å²) in [5.74, 6) is 0.0579.